The van der Waals surface area contributed by atoms with Crippen LogP contribution in [0.1, 0.15) is 51.0 Å². The van der Waals surface area contributed by atoms with Gasteiger partial charge >= 0.3 is 0 Å². The SMILES string of the molecule is CC(C)c1cnn(S(=O)(=O)C2CCCC2)c1. The van der Waals surface area contributed by atoms with Crippen molar-refractivity contribution in [3.63, 3.8) is 0 Å². The Balaban J connectivity index is 2.28. The Morgan fingerprint density at radius 2 is 2.00 bits per heavy atom. The first-order valence-corrected chi connectivity index (χ1v) is 7.31. The van der Waals surface area contributed by atoms with Crippen LogP contribution in [0.15, 0.2) is 12.4 Å². The summed E-state index contributed by atoms with van der Waals surface area (Å²) in [7, 11) is -3.25. The number of hydrogen-bond acceptors (Lipinski definition) is 3. The summed E-state index contributed by atoms with van der Waals surface area (Å²) < 4.78 is 25.5. The minimum absolute atomic E-state index is 0.229. The van der Waals surface area contributed by atoms with Crippen molar-refractivity contribution >= 4 is 10.0 Å². The maximum Gasteiger partial charge on any atom is 0.256 e. The van der Waals surface area contributed by atoms with Gasteiger partial charge in [0.25, 0.3) is 10.0 Å². The van der Waals surface area contributed by atoms with Gasteiger partial charge in [-0.1, -0.05) is 26.7 Å². The molecular formula is C11H18N2O2S. The van der Waals surface area contributed by atoms with Crippen LogP contribution >= 0.6 is 0 Å². The third-order valence-electron chi connectivity index (χ3n) is 3.23. The molecule has 1 heterocycles. The second kappa shape index (κ2) is 4.20. The van der Waals surface area contributed by atoms with Crippen molar-refractivity contribution in [2.45, 2.75) is 50.7 Å². The Labute approximate surface area is 96.7 Å². The molecule has 4 nitrogen and oxygen atoms in total. The van der Waals surface area contributed by atoms with Crippen molar-refractivity contribution in [1.82, 2.24) is 9.19 Å². The lowest BCUT2D eigenvalue weighted by molar-refractivity contribution is 0.563. The number of rotatable bonds is 3. The van der Waals surface area contributed by atoms with E-state index in [1.807, 2.05) is 13.8 Å². The summed E-state index contributed by atoms with van der Waals surface area (Å²) in [6, 6.07) is 0. The lowest BCUT2D eigenvalue weighted by atomic mass is 10.1. The molecule has 0 unspecified atom stereocenters. The molecule has 1 aromatic heterocycles. The molecule has 0 radical (unpaired) electrons. The minimum Gasteiger partial charge on any atom is -0.204 e. The molecule has 0 atom stereocenters. The zero-order chi connectivity index (χ0) is 11.8. The van der Waals surface area contributed by atoms with Crippen molar-refractivity contribution in [2.24, 2.45) is 0 Å². The molecule has 0 bridgehead atoms. The predicted octanol–water partition coefficient (Wildman–Crippen LogP) is 2.13. The van der Waals surface area contributed by atoms with E-state index in [-0.39, 0.29) is 5.25 Å². The van der Waals surface area contributed by atoms with Crippen LogP contribution in [0.25, 0.3) is 0 Å². The van der Waals surface area contributed by atoms with Crippen LogP contribution in [0, 0.1) is 0 Å². The summed E-state index contributed by atoms with van der Waals surface area (Å²) >= 11 is 0. The number of nitrogens with zero attached hydrogens (tertiary/aromatic N) is 2. The van der Waals surface area contributed by atoms with E-state index < -0.39 is 10.0 Å². The van der Waals surface area contributed by atoms with Gasteiger partial charge in [-0.3, -0.25) is 0 Å². The highest BCUT2D eigenvalue weighted by Crippen LogP contribution is 2.26. The van der Waals surface area contributed by atoms with Gasteiger partial charge in [0.2, 0.25) is 0 Å². The fourth-order valence-electron chi connectivity index (χ4n) is 2.09. The average Bonchev–Trinajstić information content (AvgIpc) is 2.90. The summed E-state index contributed by atoms with van der Waals surface area (Å²) in [4.78, 5) is 0. The highest BCUT2D eigenvalue weighted by atomic mass is 32.2. The zero-order valence-corrected chi connectivity index (χ0v) is 10.6. The predicted molar refractivity (Wildman–Crippen MR) is 62.9 cm³/mol. The van der Waals surface area contributed by atoms with Crippen molar-refractivity contribution in [1.29, 1.82) is 0 Å². The summed E-state index contributed by atoms with van der Waals surface area (Å²) in [5.41, 5.74) is 0.974. The number of aromatic nitrogens is 2. The van der Waals surface area contributed by atoms with Gasteiger partial charge in [0.1, 0.15) is 0 Å². The number of hydrogen-bond donors (Lipinski definition) is 0. The van der Waals surface area contributed by atoms with Crippen molar-refractivity contribution < 1.29 is 8.42 Å². The Hall–Kier alpha value is -0.840. The maximum absolute atomic E-state index is 12.2. The maximum atomic E-state index is 12.2. The van der Waals surface area contributed by atoms with Gasteiger partial charge in [0, 0.05) is 6.20 Å². The largest absolute Gasteiger partial charge is 0.256 e. The third-order valence-corrected chi connectivity index (χ3v) is 5.27. The highest BCUT2D eigenvalue weighted by Gasteiger charge is 2.30. The first kappa shape index (κ1) is 11.6. The molecule has 90 valence electrons. The second-order valence-corrected chi connectivity index (χ2v) is 6.82. The van der Waals surface area contributed by atoms with Gasteiger partial charge in [-0.2, -0.15) is 9.19 Å². The smallest absolute Gasteiger partial charge is 0.204 e. The van der Waals surface area contributed by atoms with E-state index in [0.717, 1.165) is 31.2 Å². The highest BCUT2D eigenvalue weighted by molar-refractivity contribution is 7.90. The van der Waals surface area contributed by atoms with Crippen LogP contribution in [0.4, 0.5) is 0 Å². The Kier molecular flexibility index (Phi) is 3.06. The van der Waals surface area contributed by atoms with Crippen LogP contribution < -0.4 is 0 Å². The molecule has 2 rings (SSSR count). The molecular weight excluding hydrogens is 224 g/mol. The first-order chi connectivity index (χ1) is 7.51. The molecule has 0 spiro atoms. The second-order valence-electron chi connectivity index (χ2n) is 4.75. The van der Waals surface area contributed by atoms with E-state index in [1.165, 1.54) is 4.09 Å². The molecule has 0 amide bonds. The summed E-state index contributed by atoms with van der Waals surface area (Å²) in [5, 5.41) is 3.75. The Morgan fingerprint density at radius 1 is 1.38 bits per heavy atom. The van der Waals surface area contributed by atoms with Gasteiger partial charge in [-0.05, 0) is 24.3 Å². The van der Waals surface area contributed by atoms with Crippen molar-refractivity contribution in [3.05, 3.63) is 18.0 Å². The fourth-order valence-corrected chi connectivity index (χ4v) is 3.78. The zero-order valence-electron chi connectivity index (χ0n) is 9.76. The molecule has 5 heteroatoms. The van der Waals surface area contributed by atoms with E-state index in [2.05, 4.69) is 5.10 Å². The van der Waals surface area contributed by atoms with Crippen LogP contribution in [-0.2, 0) is 10.0 Å². The molecule has 1 fully saturated rings. The third kappa shape index (κ3) is 2.00. The van der Waals surface area contributed by atoms with Gasteiger partial charge in [-0.15, -0.1) is 0 Å². The Bertz CT molecular complexity index is 456. The van der Waals surface area contributed by atoms with Crippen LogP contribution in [0.2, 0.25) is 0 Å². The van der Waals surface area contributed by atoms with Crippen LogP contribution in [0.5, 0.6) is 0 Å². The molecule has 1 aliphatic carbocycles. The summed E-state index contributed by atoms with van der Waals surface area (Å²) in [6.45, 7) is 4.06. The van der Waals surface area contributed by atoms with Gasteiger partial charge in [0.05, 0.1) is 11.4 Å². The normalized spacial score (nSPS) is 18.4. The quantitative estimate of drug-likeness (QED) is 0.816. The van der Waals surface area contributed by atoms with E-state index >= 15 is 0 Å². The lowest BCUT2D eigenvalue weighted by Crippen LogP contribution is -2.25. The molecule has 16 heavy (non-hydrogen) atoms. The topological polar surface area (TPSA) is 52.0 Å². The van der Waals surface area contributed by atoms with E-state index in [9.17, 15) is 8.42 Å². The monoisotopic (exact) mass is 242 g/mol. The Morgan fingerprint density at radius 3 is 2.50 bits per heavy atom. The van der Waals surface area contributed by atoms with Crippen molar-refractivity contribution in [3.8, 4) is 0 Å². The molecule has 0 aliphatic heterocycles. The van der Waals surface area contributed by atoms with Crippen molar-refractivity contribution in [2.75, 3.05) is 0 Å². The standard InChI is InChI=1S/C11H18N2O2S/c1-9(2)10-7-12-13(8-10)16(14,15)11-5-3-4-6-11/h7-9,11H,3-6H2,1-2H3. The van der Waals surface area contributed by atoms with Crippen LogP contribution in [0.3, 0.4) is 0 Å². The average molecular weight is 242 g/mol. The van der Waals surface area contributed by atoms with Crippen LogP contribution in [-0.4, -0.2) is 22.9 Å². The molecule has 1 aliphatic rings. The van der Waals surface area contributed by atoms with Gasteiger partial charge in [-0.25, -0.2) is 8.42 Å². The first-order valence-electron chi connectivity index (χ1n) is 5.81. The van der Waals surface area contributed by atoms with E-state index in [1.54, 1.807) is 12.4 Å². The van der Waals surface area contributed by atoms with E-state index in [0.29, 0.717) is 5.92 Å². The molecule has 1 aromatic rings. The molecule has 0 N–H and O–H groups in total. The lowest BCUT2D eigenvalue weighted by Gasteiger charge is -2.10. The van der Waals surface area contributed by atoms with Gasteiger partial charge < -0.3 is 0 Å². The fraction of sp³-hybridized carbons (Fsp3) is 0.727. The molecule has 0 saturated heterocycles. The summed E-state index contributed by atoms with van der Waals surface area (Å²) in [6.07, 6.45) is 6.89. The minimum atomic E-state index is -3.25. The summed E-state index contributed by atoms with van der Waals surface area (Å²) in [5.74, 6) is 0.313. The van der Waals surface area contributed by atoms with Gasteiger partial charge in [0.15, 0.2) is 0 Å². The molecule has 1 saturated carbocycles. The van der Waals surface area contributed by atoms with E-state index in [4.69, 9.17) is 0 Å². The molecule has 0 aromatic carbocycles.